The number of benzene rings is 3. The van der Waals surface area contributed by atoms with Gasteiger partial charge in [0.2, 0.25) is 5.91 Å². The zero-order valence-electron chi connectivity index (χ0n) is 16.8. The predicted octanol–water partition coefficient (Wildman–Crippen LogP) is 4.10. The van der Waals surface area contributed by atoms with Crippen LogP contribution >= 0.6 is 0 Å². The Labute approximate surface area is 172 Å². The molecule has 0 saturated carbocycles. The third kappa shape index (κ3) is 7.43. The molecule has 0 aliphatic carbocycles. The Kier molecular flexibility index (Phi) is 7.84. The Morgan fingerprint density at radius 2 is 1.45 bits per heavy atom. The monoisotopic (exact) mass is 388 g/mol. The van der Waals surface area contributed by atoms with Crippen molar-refractivity contribution in [1.82, 2.24) is 10.6 Å². The van der Waals surface area contributed by atoms with Gasteiger partial charge in [0.15, 0.2) is 0 Å². The van der Waals surface area contributed by atoms with E-state index < -0.39 is 0 Å². The lowest BCUT2D eigenvalue weighted by Crippen LogP contribution is -2.39. The van der Waals surface area contributed by atoms with E-state index in [0.29, 0.717) is 19.7 Å². The van der Waals surface area contributed by atoms with Gasteiger partial charge in [-0.05, 0) is 42.2 Å². The lowest BCUT2D eigenvalue weighted by atomic mass is 10.1. The molecule has 2 N–H and O–H groups in total. The molecule has 4 heteroatoms. The van der Waals surface area contributed by atoms with Gasteiger partial charge in [0.25, 0.3) is 0 Å². The van der Waals surface area contributed by atoms with Crippen molar-refractivity contribution in [3.8, 4) is 5.75 Å². The summed E-state index contributed by atoms with van der Waals surface area (Å²) in [5.41, 5.74) is 3.48. The second kappa shape index (κ2) is 11.0. The quantitative estimate of drug-likeness (QED) is 0.550. The molecule has 0 heterocycles. The molecular weight excluding hydrogens is 360 g/mol. The highest BCUT2D eigenvalue weighted by molar-refractivity contribution is 5.78. The van der Waals surface area contributed by atoms with Crippen molar-refractivity contribution in [2.45, 2.75) is 32.5 Å². The normalized spacial score (nSPS) is 11.6. The first-order valence-corrected chi connectivity index (χ1v) is 9.99. The molecule has 0 fully saturated rings. The second-order valence-corrected chi connectivity index (χ2v) is 7.18. The first-order valence-electron chi connectivity index (χ1n) is 9.99. The third-order valence-corrected chi connectivity index (χ3v) is 4.58. The zero-order valence-corrected chi connectivity index (χ0v) is 16.8. The fraction of sp³-hybridized carbons (Fsp3) is 0.240. The summed E-state index contributed by atoms with van der Waals surface area (Å²) in [7, 11) is 0. The average Bonchev–Trinajstić information content (AvgIpc) is 2.74. The van der Waals surface area contributed by atoms with Crippen LogP contribution in [0.25, 0.3) is 0 Å². The van der Waals surface area contributed by atoms with Crippen molar-refractivity contribution in [2.75, 3.05) is 6.54 Å². The van der Waals surface area contributed by atoms with Gasteiger partial charge in [0.05, 0.1) is 6.54 Å². The number of hydrogen-bond donors (Lipinski definition) is 2. The van der Waals surface area contributed by atoms with Gasteiger partial charge in [-0.15, -0.1) is 0 Å². The predicted molar refractivity (Wildman–Crippen MR) is 117 cm³/mol. The average molecular weight is 389 g/mol. The summed E-state index contributed by atoms with van der Waals surface area (Å²) in [6.45, 7) is 3.52. The Hall–Kier alpha value is -3.11. The highest BCUT2D eigenvalue weighted by atomic mass is 16.5. The summed E-state index contributed by atoms with van der Waals surface area (Å²) in [4.78, 5) is 12.1. The van der Waals surface area contributed by atoms with Gasteiger partial charge in [-0.3, -0.25) is 4.79 Å². The largest absolute Gasteiger partial charge is 0.489 e. The SMILES string of the molecule is C[C@@H](Cc1ccccc1)NC(=O)CNCc1ccc(OCc2ccccc2)cc1. The molecule has 4 nitrogen and oxygen atoms in total. The fourth-order valence-electron chi connectivity index (χ4n) is 3.11. The van der Waals surface area contributed by atoms with Crippen LogP contribution in [0.4, 0.5) is 0 Å². The minimum absolute atomic E-state index is 0.0104. The topological polar surface area (TPSA) is 50.4 Å². The zero-order chi connectivity index (χ0) is 20.3. The summed E-state index contributed by atoms with van der Waals surface area (Å²) >= 11 is 0. The van der Waals surface area contributed by atoms with Crippen molar-refractivity contribution in [3.05, 3.63) is 102 Å². The maximum absolute atomic E-state index is 12.1. The lowest BCUT2D eigenvalue weighted by Gasteiger charge is -2.14. The highest BCUT2D eigenvalue weighted by Gasteiger charge is 2.08. The molecule has 150 valence electrons. The Bertz CT molecular complexity index is 864. The molecule has 0 bridgehead atoms. The van der Waals surface area contributed by atoms with Crippen LogP contribution in [0.1, 0.15) is 23.6 Å². The van der Waals surface area contributed by atoms with Crippen LogP contribution in [0.3, 0.4) is 0 Å². The maximum Gasteiger partial charge on any atom is 0.234 e. The number of amides is 1. The van der Waals surface area contributed by atoms with Crippen LogP contribution in [0.5, 0.6) is 5.75 Å². The standard InChI is InChI=1S/C25H28N2O2/c1-20(16-21-8-4-2-5-9-21)27-25(28)18-26-17-22-12-14-24(15-13-22)29-19-23-10-6-3-7-11-23/h2-15,20,26H,16-19H2,1H3,(H,27,28)/t20-/m0/s1. The first-order chi connectivity index (χ1) is 14.2. The summed E-state index contributed by atoms with van der Waals surface area (Å²) in [6, 6.07) is 28.3. The molecule has 0 saturated heterocycles. The molecule has 0 aliphatic heterocycles. The molecule has 29 heavy (non-hydrogen) atoms. The van der Waals surface area contributed by atoms with E-state index in [0.717, 1.165) is 23.3 Å². The molecule has 0 radical (unpaired) electrons. The molecule has 3 aromatic carbocycles. The Morgan fingerprint density at radius 1 is 0.828 bits per heavy atom. The minimum Gasteiger partial charge on any atom is -0.489 e. The van der Waals surface area contributed by atoms with Crippen LogP contribution < -0.4 is 15.4 Å². The van der Waals surface area contributed by atoms with Crippen LogP contribution in [0.15, 0.2) is 84.9 Å². The molecule has 1 amide bonds. The number of rotatable bonds is 10. The van der Waals surface area contributed by atoms with Crippen molar-refractivity contribution >= 4 is 5.91 Å². The number of ether oxygens (including phenoxy) is 1. The molecule has 0 spiro atoms. The van der Waals surface area contributed by atoms with E-state index in [1.54, 1.807) is 0 Å². The van der Waals surface area contributed by atoms with E-state index in [1.165, 1.54) is 5.56 Å². The van der Waals surface area contributed by atoms with Crippen LogP contribution in [-0.2, 0) is 24.4 Å². The molecule has 0 unspecified atom stereocenters. The first kappa shape index (κ1) is 20.6. The van der Waals surface area contributed by atoms with Gasteiger partial charge in [0.1, 0.15) is 12.4 Å². The van der Waals surface area contributed by atoms with Gasteiger partial charge in [-0.2, -0.15) is 0 Å². The lowest BCUT2D eigenvalue weighted by molar-refractivity contribution is -0.120. The van der Waals surface area contributed by atoms with Crippen LogP contribution in [0.2, 0.25) is 0 Å². The summed E-state index contributed by atoms with van der Waals surface area (Å²) in [6.07, 6.45) is 0.830. The minimum atomic E-state index is 0.0104. The number of carbonyl (C=O) groups is 1. The third-order valence-electron chi connectivity index (χ3n) is 4.58. The molecule has 1 atom stereocenters. The number of hydrogen-bond acceptors (Lipinski definition) is 3. The Morgan fingerprint density at radius 3 is 2.10 bits per heavy atom. The van der Waals surface area contributed by atoms with Gasteiger partial charge in [0, 0.05) is 12.6 Å². The van der Waals surface area contributed by atoms with Crippen LogP contribution in [-0.4, -0.2) is 18.5 Å². The van der Waals surface area contributed by atoms with Crippen LogP contribution in [0, 0.1) is 0 Å². The molecule has 0 aliphatic rings. The van der Waals surface area contributed by atoms with E-state index in [1.807, 2.05) is 79.7 Å². The van der Waals surface area contributed by atoms with Gasteiger partial charge >= 0.3 is 0 Å². The molecule has 3 rings (SSSR count). The maximum atomic E-state index is 12.1. The van der Waals surface area contributed by atoms with E-state index >= 15 is 0 Å². The summed E-state index contributed by atoms with van der Waals surface area (Å²) in [5, 5.41) is 6.23. The number of nitrogens with one attached hydrogen (secondary N) is 2. The van der Waals surface area contributed by atoms with Gasteiger partial charge in [-0.1, -0.05) is 72.8 Å². The fourth-order valence-corrected chi connectivity index (χ4v) is 3.11. The number of carbonyl (C=O) groups excluding carboxylic acids is 1. The second-order valence-electron chi connectivity index (χ2n) is 7.18. The van der Waals surface area contributed by atoms with Crippen molar-refractivity contribution in [1.29, 1.82) is 0 Å². The molecule has 0 aromatic heterocycles. The van der Waals surface area contributed by atoms with E-state index in [4.69, 9.17) is 4.74 Å². The van der Waals surface area contributed by atoms with Gasteiger partial charge < -0.3 is 15.4 Å². The summed E-state index contributed by atoms with van der Waals surface area (Å²) < 4.78 is 5.80. The van der Waals surface area contributed by atoms with E-state index in [-0.39, 0.29) is 11.9 Å². The Balaban J connectivity index is 1.35. The molecule has 3 aromatic rings. The smallest absolute Gasteiger partial charge is 0.234 e. The highest BCUT2D eigenvalue weighted by Crippen LogP contribution is 2.14. The van der Waals surface area contributed by atoms with Crippen molar-refractivity contribution in [2.24, 2.45) is 0 Å². The summed E-state index contributed by atoms with van der Waals surface area (Å²) in [5.74, 6) is 0.848. The van der Waals surface area contributed by atoms with E-state index in [2.05, 4.69) is 22.8 Å². The van der Waals surface area contributed by atoms with Crippen molar-refractivity contribution < 1.29 is 9.53 Å². The molecular formula is C25H28N2O2. The van der Waals surface area contributed by atoms with E-state index in [9.17, 15) is 4.79 Å². The van der Waals surface area contributed by atoms with Gasteiger partial charge in [-0.25, -0.2) is 0 Å². The van der Waals surface area contributed by atoms with Crippen molar-refractivity contribution in [3.63, 3.8) is 0 Å².